The molecule has 2 aromatic rings. The van der Waals surface area contributed by atoms with E-state index in [1.165, 1.54) is 5.56 Å². The minimum absolute atomic E-state index is 0.216. The average molecular weight is 325 g/mol. The van der Waals surface area contributed by atoms with Gasteiger partial charge in [0, 0.05) is 13.2 Å². The predicted molar refractivity (Wildman–Crippen MR) is 95.5 cm³/mol. The summed E-state index contributed by atoms with van der Waals surface area (Å²) in [5.74, 6) is 0. The van der Waals surface area contributed by atoms with E-state index >= 15 is 0 Å². The summed E-state index contributed by atoms with van der Waals surface area (Å²) in [5, 5.41) is 11.5. The fourth-order valence-electron chi connectivity index (χ4n) is 2.19. The van der Waals surface area contributed by atoms with Crippen LogP contribution in [0, 0.1) is 0 Å². The molecule has 0 unspecified atom stereocenters. The Kier molecular flexibility index (Phi) is 7.57. The second-order valence-electron chi connectivity index (χ2n) is 5.41. The number of aryl methyl sites for hydroxylation is 1. The lowest BCUT2D eigenvalue weighted by molar-refractivity contribution is 0.141. The standard InChI is InChI=1S/C20H23NO3/c22-15-5-9-18-12-10-17(11-13-18)8-4-14-21-20(23)24-16-19-6-2-1-3-7-19/h1-4,6-8,10-13,22H,5,9,14-16H2,(H,21,23). The molecule has 4 nitrogen and oxygen atoms in total. The van der Waals surface area contributed by atoms with Gasteiger partial charge in [-0.25, -0.2) is 4.79 Å². The molecule has 0 atom stereocenters. The van der Waals surface area contributed by atoms with Crippen molar-refractivity contribution in [2.24, 2.45) is 0 Å². The minimum atomic E-state index is -0.428. The van der Waals surface area contributed by atoms with Gasteiger partial charge < -0.3 is 15.2 Å². The number of aliphatic hydroxyl groups is 1. The van der Waals surface area contributed by atoms with E-state index in [-0.39, 0.29) is 13.2 Å². The number of benzene rings is 2. The van der Waals surface area contributed by atoms with Crippen molar-refractivity contribution in [3.63, 3.8) is 0 Å². The first-order valence-electron chi connectivity index (χ1n) is 8.09. The van der Waals surface area contributed by atoms with Crippen LogP contribution in [0.2, 0.25) is 0 Å². The third-order valence-electron chi connectivity index (χ3n) is 3.49. The number of amides is 1. The van der Waals surface area contributed by atoms with Gasteiger partial charge in [-0.3, -0.25) is 0 Å². The van der Waals surface area contributed by atoms with Crippen molar-refractivity contribution in [1.82, 2.24) is 5.32 Å². The van der Waals surface area contributed by atoms with Crippen LogP contribution in [-0.4, -0.2) is 24.4 Å². The maximum Gasteiger partial charge on any atom is 0.407 e. The zero-order chi connectivity index (χ0) is 17.0. The molecule has 0 saturated carbocycles. The lowest BCUT2D eigenvalue weighted by Crippen LogP contribution is -2.24. The number of rotatable bonds is 8. The Morgan fingerprint density at radius 2 is 1.79 bits per heavy atom. The number of alkyl carbamates (subject to hydrolysis) is 1. The van der Waals surface area contributed by atoms with E-state index < -0.39 is 6.09 Å². The molecular formula is C20H23NO3. The Morgan fingerprint density at radius 1 is 1.04 bits per heavy atom. The predicted octanol–water partition coefficient (Wildman–Crippen LogP) is 3.55. The summed E-state index contributed by atoms with van der Waals surface area (Å²) in [6, 6.07) is 17.7. The van der Waals surface area contributed by atoms with E-state index in [1.807, 2.05) is 54.6 Å². The van der Waals surface area contributed by atoms with E-state index in [2.05, 4.69) is 17.4 Å². The molecule has 0 radical (unpaired) electrons. The Labute approximate surface area is 142 Å². The van der Waals surface area contributed by atoms with Crippen molar-refractivity contribution in [2.75, 3.05) is 13.2 Å². The van der Waals surface area contributed by atoms with Gasteiger partial charge in [-0.05, 0) is 29.5 Å². The van der Waals surface area contributed by atoms with Crippen LogP contribution < -0.4 is 5.32 Å². The highest BCUT2D eigenvalue weighted by Crippen LogP contribution is 2.08. The highest BCUT2D eigenvalue weighted by atomic mass is 16.5. The first kappa shape index (κ1) is 17.8. The SMILES string of the molecule is O=C(NCC=Cc1ccc(CCCO)cc1)OCc1ccccc1. The number of carbonyl (C=O) groups is 1. The number of ether oxygens (including phenoxy) is 1. The molecule has 0 spiro atoms. The van der Waals surface area contributed by atoms with Gasteiger partial charge in [-0.1, -0.05) is 66.7 Å². The summed E-state index contributed by atoms with van der Waals surface area (Å²) in [6.45, 7) is 0.902. The first-order valence-corrected chi connectivity index (χ1v) is 8.09. The highest BCUT2D eigenvalue weighted by molar-refractivity contribution is 5.67. The summed E-state index contributed by atoms with van der Waals surface area (Å²) in [7, 11) is 0. The van der Waals surface area contributed by atoms with Gasteiger partial charge in [0.2, 0.25) is 0 Å². The van der Waals surface area contributed by atoms with E-state index in [1.54, 1.807) is 0 Å². The van der Waals surface area contributed by atoms with Gasteiger partial charge in [0.15, 0.2) is 0 Å². The van der Waals surface area contributed by atoms with Crippen LogP contribution >= 0.6 is 0 Å². The Bertz CT molecular complexity index is 636. The fraction of sp³-hybridized carbons (Fsp3) is 0.250. The second kappa shape index (κ2) is 10.2. The van der Waals surface area contributed by atoms with Gasteiger partial charge in [-0.15, -0.1) is 0 Å². The Morgan fingerprint density at radius 3 is 2.50 bits per heavy atom. The van der Waals surface area contributed by atoms with Crippen molar-refractivity contribution in [1.29, 1.82) is 0 Å². The van der Waals surface area contributed by atoms with Crippen LogP contribution in [0.5, 0.6) is 0 Å². The summed E-state index contributed by atoms with van der Waals surface area (Å²) in [5.41, 5.74) is 3.25. The fourth-order valence-corrected chi connectivity index (χ4v) is 2.19. The molecule has 0 aromatic heterocycles. The van der Waals surface area contributed by atoms with Crippen LogP contribution in [0.3, 0.4) is 0 Å². The topological polar surface area (TPSA) is 58.6 Å². The van der Waals surface area contributed by atoms with Gasteiger partial charge >= 0.3 is 6.09 Å². The van der Waals surface area contributed by atoms with Crippen LogP contribution in [0.25, 0.3) is 6.08 Å². The second-order valence-corrected chi connectivity index (χ2v) is 5.41. The van der Waals surface area contributed by atoms with E-state index in [0.29, 0.717) is 6.54 Å². The summed E-state index contributed by atoms with van der Waals surface area (Å²) in [6.07, 6.45) is 5.07. The third kappa shape index (κ3) is 6.67. The molecule has 0 saturated heterocycles. The molecule has 126 valence electrons. The van der Waals surface area contributed by atoms with Gasteiger partial charge in [-0.2, -0.15) is 0 Å². The molecule has 0 aliphatic carbocycles. The molecule has 2 rings (SSSR count). The van der Waals surface area contributed by atoms with Gasteiger partial charge in [0.1, 0.15) is 6.61 Å². The molecule has 2 aromatic carbocycles. The van der Waals surface area contributed by atoms with Gasteiger partial charge in [0.25, 0.3) is 0 Å². The Hall–Kier alpha value is -2.59. The molecule has 0 fully saturated rings. The number of carbonyl (C=O) groups excluding carboxylic acids is 1. The first-order chi connectivity index (χ1) is 11.8. The van der Waals surface area contributed by atoms with Gasteiger partial charge in [0.05, 0.1) is 0 Å². The zero-order valence-electron chi connectivity index (χ0n) is 13.7. The van der Waals surface area contributed by atoms with Crippen LogP contribution in [0.15, 0.2) is 60.7 Å². The van der Waals surface area contributed by atoms with Crippen molar-refractivity contribution in [2.45, 2.75) is 19.4 Å². The minimum Gasteiger partial charge on any atom is -0.445 e. The maximum absolute atomic E-state index is 11.6. The molecular weight excluding hydrogens is 302 g/mol. The summed E-state index contributed by atoms with van der Waals surface area (Å²) >= 11 is 0. The smallest absolute Gasteiger partial charge is 0.407 e. The van der Waals surface area contributed by atoms with Crippen molar-refractivity contribution in [3.05, 3.63) is 77.4 Å². The highest BCUT2D eigenvalue weighted by Gasteiger charge is 2.00. The lowest BCUT2D eigenvalue weighted by Gasteiger charge is -2.05. The molecule has 1 amide bonds. The maximum atomic E-state index is 11.6. The molecule has 2 N–H and O–H groups in total. The van der Waals surface area contributed by atoms with Crippen LogP contribution in [-0.2, 0) is 17.8 Å². The summed E-state index contributed by atoms with van der Waals surface area (Å²) in [4.78, 5) is 11.6. The molecule has 0 aliphatic rings. The third-order valence-corrected chi connectivity index (χ3v) is 3.49. The van der Waals surface area contributed by atoms with Crippen molar-refractivity contribution < 1.29 is 14.6 Å². The lowest BCUT2D eigenvalue weighted by atomic mass is 10.1. The average Bonchev–Trinajstić information content (AvgIpc) is 2.63. The molecule has 24 heavy (non-hydrogen) atoms. The number of nitrogens with one attached hydrogen (secondary N) is 1. The number of aliphatic hydroxyl groups excluding tert-OH is 1. The number of hydrogen-bond acceptors (Lipinski definition) is 3. The van der Waals surface area contributed by atoms with Crippen molar-refractivity contribution in [3.8, 4) is 0 Å². The molecule has 4 heteroatoms. The molecule has 0 heterocycles. The van der Waals surface area contributed by atoms with Crippen LogP contribution in [0.1, 0.15) is 23.1 Å². The van der Waals surface area contributed by atoms with E-state index in [4.69, 9.17) is 9.84 Å². The summed E-state index contributed by atoms with van der Waals surface area (Å²) < 4.78 is 5.13. The van der Waals surface area contributed by atoms with Crippen LogP contribution in [0.4, 0.5) is 4.79 Å². The zero-order valence-corrected chi connectivity index (χ0v) is 13.7. The number of hydrogen-bond donors (Lipinski definition) is 2. The largest absolute Gasteiger partial charge is 0.445 e. The normalized spacial score (nSPS) is 10.7. The van der Waals surface area contributed by atoms with E-state index in [9.17, 15) is 4.79 Å². The molecule has 0 bridgehead atoms. The Balaban J connectivity index is 1.67. The monoisotopic (exact) mass is 325 g/mol. The van der Waals surface area contributed by atoms with E-state index in [0.717, 1.165) is 24.0 Å². The quantitative estimate of drug-likeness (QED) is 0.780. The molecule has 0 aliphatic heterocycles. The van der Waals surface area contributed by atoms with Crippen molar-refractivity contribution >= 4 is 12.2 Å².